The van der Waals surface area contributed by atoms with Crippen LogP contribution in [0.1, 0.15) is 34.7 Å². The van der Waals surface area contributed by atoms with Gasteiger partial charge in [-0.05, 0) is 65.9 Å². The molecule has 1 unspecified atom stereocenters. The van der Waals surface area contributed by atoms with Crippen LogP contribution in [0.3, 0.4) is 0 Å². The van der Waals surface area contributed by atoms with E-state index in [4.69, 9.17) is 9.73 Å². The highest BCUT2D eigenvalue weighted by molar-refractivity contribution is 9.10. The Morgan fingerprint density at radius 1 is 1.11 bits per heavy atom. The fraction of sp³-hybridized carbons (Fsp3) is 0.143. The van der Waals surface area contributed by atoms with Crippen LogP contribution in [0.5, 0.6) is 5.75 Å². The van der Waals surface area contributed by atoms with E-state index in [0.29, 0.717) is 15.1 Å². The van der Waals surface area contributed by atoms with E-state index in [9.17, 15) is 9.18 Å². The number of aryl methyl sites for hydroxylation is 1. The normalized spacial score (nSPS) is 16.9. The summed E-state index contributed by atoms with van der Waals surface area (Å²) in [6, 6.07) is 20.1. The molecule has 35 heavy (non-hydrogen) atoms. The van der Waals surface area contributed by atoms with Crippen LogP contribution in [0.15, 0.2) is 86.6 Å². The SMILES string of the molecule is COc1ccc(Br)cc1C=c1sc2n(c1=O)C(c1ccc(F)cc1)C1=C(N=2)c2ccccc2CC1. The number of halogens is 2. The zero-order chi connectivity index (χ0) is 24.1. The third kappa shape index (κ3) is 3.79. The number of thiazole rings is 1. The van der Waals surface area contributed by atoms with Crippen molar-refractivity contribution in [1.29, 1.82) is 0 Å². The van der Waals surface area contributed by atoms with E-state index >= 15 is 0 Å². The summed E-state index contributed by atoms with van der Waals surface area (Å²) in [7, 11) is 1.61. The Morgan fingerprint density at radius 3 is 2.71 bits per heavy atom. The summed E-state index contributed by atoms with van der Waals surface area (Å²) in [6.45, 7) is 0. The maximum atomic E-state index is 13.8. The summed E-state index contributed by atoms with van der Waals surface area (Å²) in [5.41, 5.74) is 5.94. The molecule has 4 nitrogen and oxygen atoms in total. The van der Waals surface area contributed by atoms with Crippen LogP contribution in [0.4, 0.5) is 4.39 Å². The maximum absolute atomic E-state index is 13.8. The van der Waals surface area contributed by atoms with Gasteiger partial charge in [0.25, 0.3) is 5.56 Å². The summed E-state index contributed by atoms with van der Waals surface area (Å²) >= 11 is 4.87. The van der Waals surface area contributed by atoms with Gasteiger partial charge < -0.3 is 4.74 Å². The number of methoxy groups -OCH3 is 1. The van der Waals surface area contributed by atoms with Gasteiger partial charge in [-0.2, -0.15) is 0 Å². The van der Waals surface area contributed by atoms with E-state index in [1.54, 1.807) is 23.8 Å². The molecule has 2 heterocycles. The maximum Gasteiger partial charge on any atom is 0.271 e. The molecule has 2 aliphatic rings. The van der Waals surface area contributed by atoms with Crippen molar-refractivity contribution in [2.24, 2.45) is 4.99 Å². The summed E-state index contributed by atoms with van der Waals surface area (Å²) in [4.78, 5) is 19.5. The largest absolute Gasteiger partial charge is 0.496 e. The van der Waals surface area contributed by atoms with Gasteiger partial charge in [0.2, 0.25) is 0 Å². The molecule has 0 bridgehead atoms. The van der Waals surface area contributed by atoms with E-state index < -0.39 is 0 Å². The Morgan fingerprint density at radius 2 is 1.91 bits per heavy atom. The fourth-order valence-electron chi connectivity index (χ4n) is 4.93. The Balaban J connectivity index is 1.63. The topological polar surface area (TPSA) is 43.6 Å². The first-order valence-electron chi connectivity index (χ1n) is 11.3. The Bertz CT molecular complexity index is 1690. The van der Waals surface area contributed by atoms with Gasteiger partial charge in [-0.3, -0.25) is 9.36 Å². The first-order chi connectivity index (χ1) is 17.0. The van der Waals surface area contributed by atoms with Crippen LogP contribution in [-0.4, -0.2) is 11.7 Å². The second kappa shape index (κ2) is 8.73. The van der Waals surface area contributed by atoms with Gasteiger partial charge in [0, 0.05) is 15.6 Å². The smallest absolute Gasteiger partial charge is 0.271 e. The van der Waals surface area contributed by atoms with Crippen LogP contribution >= 0.6 is 27.3 Å². The summed E-state index contributed by atoms with van der Waals surface area (Å²) in [6.07, 6.45) is 3.52. The number of fused-ring (bicyclic) bond motifs is 3. The van der Waals surface area contributed by atoms with E-state index in [2.05, 4.69) is 28.1 Å². The van der Waals surface area contributed by atoms with E-state index in [0.717, 1.165) is 45.3 Å². The molecule has 0 saturated heterocycles. The predicted octanol–water partition coefficient (Wildman–Crippen LogP) is 5.23. The average molecular weight is 547 g/mol. The molecule has 174 valence electrons. The third-order valence-corrected chi connectivity index (χ3v) is 8.01. The van der Waals surface area contributed by atoms with Gasteiger partial charge >= 0.3 is 0 Å². The molecule has 6 rings (SSSR count). The lowest BCUT2D eigenvalue weighted by Gasteiger charge is -2.30. The quantitative estimate of drug-likeness (QED) is 0.353. The highest BCUT2D eigenvalue weighted by atomic mass is 79.9. The highest BCUT2D eigenvalue weighted by Gasteiger charge is 2.32. The van der Waals surface area contributed by atoms with Crippen molar-refractivity contribution in [1.82, 2.24) is 4.57 Å². The van der Waals surface area contributed by atoms with Gasteiger partial charge in [0.05, 0.1) is 23.4 Å². The van der Waals surface area contributed by atoms with E-state index in [-0.39, 0.29) is 17.4 Å². The summed E-state index contributed by atoms with van der Waals surface area (Å²) < 4.78 is 22.5. The van der Waals surface area contributed by atoms with Gasteiger partial charge in [0.15, 0.2) is 4.80 Å². The third-order valence-electron chi connectivity index (χ3n) is 6.54. The van der Waals surface area contributed by atoms with Crippen molar-refractivity contribution in [3.05, 3.63) is 125 Å². The molecule has 1 aliphatic carbocycles. The second-order valence-corrected chi connectivity index (χ2v) is 10.5. The highest BCUT2D eigenvalue weighted by Crippen LogP contribution is 2.41. The molecular formula is C28H20BrFN2O2S. The predicted molar refractivity (Wildman–Crippen MR) is 140 cm³/mol. The van der Waals surface area contributed by atoms with Crippen molar-refractivity contribution in [3.63, 3.8) is 0 Å². The lowest BCUT2D eigenvalue weighted by atomic mass is 9.83. The first-order valence-corrected chi connectivity index (χ1v) is 12.9. The van der Waals surface area contributed by atoms with Crippen LogP contribution in [0.25, 0.3) is 11.8 Å². The molecule has 0 radical (unpaired) electrons. The number of allylic oxidation sites excluding steroid dienone is 1. The van der Waals surface area contributed by atoms with Crippen LogP contribution < -0.4 is 19.6 Å². The standard InChI is InChI=1S/C28H20BrFN2O2S/c1-34-23-13-9-19(29)14-18(23)15-24-27(33)32-26(17-6-10-20(30)11-7-17)22-12-8-16-4-2-3-5-21(16)25(22)31-28(32)35-24/h2-7,9-11,13-15,26H,8,12H2,1H3. The number of aromatic nitrogens is 1. The number of hydrogen-bond acceptors (Lipinski definition) is 4. The van der Waals surface area contributed by atoms with Gasteiger partial charge in [-0.15, -0.1) is 0 Å². The molecule has 3 aromatic carbocycles. The van der Waals surface area contributed by atoms with Crippen LogP contribution in [0.2, 0.25) is 0 Å². The van der Waals surface area contributed by atoms with Gasteiger partial charge in [0.1, 0.15) is 11.6 Å². The second-order valence-electron chi connectivity index (χ2n) is 8.55. The molecule has 0 fully saturated rings. The average Bonchev–Trinajstić information content (AvgIpc) is 3.18. The first kappa shape index (κ1) is 22.2. The minimum Gasteiger partial charge on any atom is -0.496 e. The number of rotatable bonds is 3. The Hall–Kier alpha value is -3.29. The van der Waals surface area contributed by atoms with Crippen molar-refractivity contribution < 1.29 is 9.13 Å². The lowest BCUT2D eigenvalue weighted by Crippen LogP contribution is -2.38. The number of nitrogens with zero attached hydrogens (tertiary/aromatic N) is 2. The molecule has 1 atom stereocenters. The zero-order valence-electron chi connectivity index (χ0n) is 18.8. The van der Waals surface area contributed by atoms with Gasteiger partial charge in [-0.1, -0.05) is 63.7 Å². The Kier molecular flexibility index (Phi) is 5.54. The van der Waals surface area contributed by atoms with Crippen molar-refractivity contribution >= 4 is 39.0 Å². The minimum atomic E-state index is -0.332. The lowest BCUT2D eigenvalue weighted by molar-refractivity contribution is 0.413. The van der Waals surface area contributed by atoms with E-state index in [1.807, 2.05) is 36.4 Å². The van der Waals surface area contributed by atoms with Crippen molar-refractivity contribution in [2.45, 2.75) is 18.9 Å². The number of hydrogen-bond donors (Lipinski definition) is 0. The number of benzene rings is 3. The molecule has 0 spiro atoms. The molecule has 0 amide bonds. The summed E-state index contributed by atoms with van der Waals surface area (Å²) in [5.74, 6) is 0.383. The van der Waals surface area contributed by atoms with Crippen LogP contribution in [-0.2, 0) is 6.42 Å². The van der Waals surface area contributed by atoms with E-state index in [1.165, 1.54) is 29.0 Å². The van der Waals surface area contributed by atoms with Gasteiger partial charge in [-0.25, -0.2) is 9.38 Å². The fourth-order valence-corrected chi connectivity index (χ4v) is 6.30. The summed E-state index contributed by atoms with van der Waals surface area (Å²) in [5, 5.41) is 0. The monoisotopic (exact) mass is 546 g/mol. The molecule has 1 aliphatic heterocycles. The van der Waals surface area contributed by atoms with Crippen LogP contribution in [0, 0.1) is 5.82 Å². The molecule has 0 N–H and O–H groups in total. The van der Waals surface area contributed by atoms with Crippen molar-refractivity contribution in [3.8, 4) is 5.75 Å². The molecule has 0 saturated carbocycles. The number of ether oxygens (including phenoxy) is 1. The molecule has 7 heteroatoms. The Labute approximate surface area is 213 Å². The van der Waals surface area contributed by atoms with Crippen molar-refractivity contribution in [2.75, 3.05) is 7.11 Å². The molecule has 1 aromatic heterocycles. The molecule has 4 aromatic rings. The molecular weight excluding hydrogens is 527 g/mol. The zero-order valence-corrected chi connectivity index (χ0v) is 21.2. The minimum absolute atomic E-state index is 0.115.